The normalized spacial score (nSPS) is 25.8. The number of anilines is 1. The molecule has 1 N–H and O–H groups in total. The van der Waals surface area contributed by atoms with Crippen molar-refractivity contribution in [2.24, 2.45) is 11.8 Å². The van der Waals surface area contributed by atoms with E-state index in [0.29, 0.717) is 23.6 Å². The summed E-state index contributed by atoms with van der Waals surface area (Å²) in [6.45, 7) is 3.13. The van der Waals surface area contributed by atoms with E-state index >= 15 is 0 Å². The molecule has 2 aliphatic rings. The van der Waals surface area contributed by atoms with E-state index in [1.54, 1.807) is 18.2 Å². The maximum atomic E-state index is 11.1. The number of benzene rings is 2. The van der Waals surface area contributed by atoms with Gasteiger partial charge in [0.15, 0.2) is 0 Å². The summed E-state index contributed by atoms with van der Waals surface area (Å²) < 4.78 is 0. The smallest absolute Gasteiger partial charge is 0.292 e. The molecule has 1 saturated carbocycles. The minimum Gasteiger partial charge on any atom is -0.376 e. The van der Waals surface area contributed by atoms with Crippen molar-refractivity contribution < 1.29 is 4.92 Å². The summed E-state index contributed by atoms with van der Waals surface area (Å²) in [6.07, 6.45) is 0. The van der Waals surface area contributed by atoms with Gasteiger partial charge in [0.1, 0.15) is 5.69 Å². The third-order valence-corrected chi connectivity index (χ3v) is 4.94. The van der Waals surface area contributed by atoms with Crippen LogP contribution in [0.4, 0.5) is 11.4 Å². The fourth-order valence-corrected chi connectivity index (χ4v) is 3.73. The van der Waals surface area contributed by atoms with E-state index in [9.17, 15) is 10.1 Å². The van der Waals surface area contributed by atoms with Crippen molar-refractivity contribution in [1.82, 2.24) is 4.90 Å². The van der Waals surface area contributed by atoms with Gasteiger partial charge in [0.2, 0.25) is 0 Å². The lowest BCUT2D eigenvalue weighted by molar-refractivity contribution is -0.384. The first-order valence-corrected chi connectivity index (χ1v) is 7.98. The molecule has 2 aromatic rings. The largest absolute Gasteiger partial charge is 0.376 e. The number of para-hydroxylation sites is 2. The quantitative estimate of drug-likeness (QED) is 0.681. The molecule has 0 spiro atoms. The van der Waals surface area contributed by atoms with Gasteiger partial charge in [-0.05, 0) is 23.5 Å². The van der Waals surface area contributed by atoms with Gasteiger partial charge >= 0.3 is 0 Å². The Morgan fingerprint density at radius 3 is 2.39 bits per heavy atom. The Labute approximate surface area is 135 Å². The number of piperidine rings is 1. The second-order valence-electron chi connectivity index (χ2n) is 6.45. The van der Waals surface area contributed by atoms with Crippen LogP contribution in [0.1, 0.15) is 5.56 Å². The van der Waals surface area contributed by atoms with Crippen LogP contribution in [0.15, 0.2) is 54.6 Å². The second-order valence-corrected chi connectivity index (χ2v) is 6.45. The van der Waals surface area contributed by atoms with Crippen molar-refractivity contribution >= 4 is 11.4 Å². The fourth-order valence-electron chi connectivity index (χ4n) is 3.73. The SMILES string of the molecule is O=[N+]([O-])c1ccccc1NC1[C@H]2CN(Cc3ccccc3)C[C@@H]12. The zero-order chi connectivity index (χ0) is 15.8. The minimum absolute atomic E-state index is 0.165. The highest BCUT2D eigenvalue weighted by atomic mass is 16.6. The Bertz CT molecular complexity index is 707. The van der Waals surface area contributed by atoms with Crippen molar-refractivity contribution in [3.63, 3.8) is 0 Å². The number of likely N-dealkylation sites (tertiary alicyclic amines) is 1. The summed E-state index contributed by atoms with van der Waals surface area (Å²) in [6, 6.07) is 17.8. The third kappa shape index (κ3) is 2.80. The average molecular weight is 309 g/mol. The summed E-state index contributed by atoms with van der Waals surface area (Å²) in [7, 11) is 0. The number of nitro groups is 1. The highest BCUT2D eigenvalue weighted by Gasteiger charge is 2.55. The molecule has 0 aromatic heterocycles. The number of hydrogen-bond acceptors (Lipinski definition) is 4. The van der Waals surface area contributed by atoms with Crippen LogP contribution in [0.25, 0.3) is 0 Å². The van der Waals surface area contributed by atoms with E-state index in [1.807, 2.05) is 12.1 Å². The second kappa shape index (κ2) is 5.66. The summed E-state index contributed by atoms with van der Waals surface area (Å²) in [5, 5.41) is 14.5. The van der Waals surface area contributed by atoms with Gasteiger partial charge in [0.25, 0.3) is 5.69 Å². The van der Waals surface area contributed by atoms with Gasteiger partial charge in [0.05, 0.1) is 4.92 Å². The predicted molar refractivity (Wildman–Crippen MR) is 89.2 cm³/mol. The van der Waals surface area contributed by atoms with Crippen LogP contribution < -0.4 is 5.32 Å². The van der Waals surface area contributed by atoms with Crippen molar-refractivity contribution in [2.75, 3.05) is 18.4 Å². The van der Waals surface area contributed by atoms with Crippen LogP contribution in [-0.2, 0) is 6.54 Å². The van der Waals surface area contributed by atoms with Crippen LogP contribution in [0.2, 0.25) is 0 Å². The summed E-state index contributed by atoms with van der Waals surface area (Å²) in [5.41, 5.74) is 2.15. The molecule has 1 aliphatic carbocycles. The first kappa shape index (κ1) is 14.2. The van der Waals surface area contributed by atoms with E-state index < -0.39 is 0 Å². The molecule has 1 aliphatic heterocycles. The van der Waals surface area contributed by atoms with Crippen molar-refractivity contribution in [3.05, 3.63) is 70.3 Å². The molecule has 1 unspecified atom stereocenters. The Hall–Kier alpha value is -2.40. The summed E-state index contributed by atoms with van der Waals surface area (Å²) in [5.74, 6) is 1.22. The van der Waals surface area contributed by atoms with Crippen LogP contribution in [0.3, 0.4) is 0 Å². The monoisotopic (exact) mass is 309 g/mol. The lowest BCUT2D eigenvalue weighted by atomic mass is 10.2. The zero-order valence-electron chi connectivity index (χ0n) is 12.8. The van der Waals surface area contributed by atoms with Crippen LogP contribution >= 0.6 is 0 Å². The molecule has 1 saturated heterocycles. The molecule has 118 valence electrons. The highest BCUT2D eigenvalue weighted by Crippen LogP contribution is 2.48. The summed E-state index contributed by atoms with van der Waals surface area (Å²) >= 11 is 0. The Morgan fingerprint density at radius 2 is 1.70 bits per heavy atom. The van der Waals surface area contributed by atoms with E-state index in [0.717, 1.165) is 19.6 Å². The lowest BCUT2D eigenvalue weighted by Gasteiger charge is -2.20. The third-order valence-electron chi connectivity index (χ3n) is 4.94. The number of nitrogens with zero attached hydrogens (tertiary/aromatic N) is 2. The first-order valence-electron chi connectivity index (χ1n) is 7.98. The van der Waals surface area contributed by atoms with Crippen molar-refractivity contribution in [2.45, 2.75) is 12.6 Å². The number of nitrogens with one attached hydrogen (secondary N) is 1. The predicted octanol–water partition coefficient (Wildman–Crippen LogP) is 3.14. The van der Waals surface area contributed by atoms with E-state index in [-0.39, 0.29) is 10.6 Å². The Balaban J connectivity index is 1.35. The van der Waals surface area contributed by atoms with Crippen LogP contribution in [0.5, 0.6) is 0 Å². The average Bonchev–Trinajstić information content (AvgIpc) is 3.01. The van der Waals surface area contributed by atoms with E-state index in [1.165, 1.54) is 5.56 Å². The van der Waals surface area contributed by atoms with Gasteiger partial charge in [-0.2, -0.15) is 0 Å². The van der Waals surface area contributed by atoms with Gasteiger partial charge in [-0.3, -0.25) is 15.0 Å². The van der Waals surface area contributed by atoms with Crippen LogP contribution in [-0.4, -0.2) is 29.0 Å². The maximum absolute atomic E-state index is 11.1. The Morgan fingerprint density at radius 1 is 1.04 bits per heavy atom. The molecule has 0 amide bonds. The highest BCUT2D eigenvalue weighted by molar-refractivity contribution is 5.62. The van der Waals surface area contributed by atoms with E-state index in [2.05, 4.69) is 34.5 Å². The summed E-state index contributed by atoms with van der Waals surface area (Å²) in [4.78, 5) is 13.2. The zero-order valence-corrected chi connectivity index (χ0v) is 12.8. The number of nitro benzene ring substituents is 1. The number of fused-ring (bicyclic) bond motifs is 1. The Kier molecular flexibility index (Phi) is 3.50. The lowest BCUT2D eigenvalue weighted by Crippen LogP contribution is -2.27. The molecule has 5 heteroatoms. The number of rotatable bonds is 5. The molecular weight excluding hydrogens is 290 g/mol. The van der Waals surface area contributed by atoms with Crippen molar-refractivity contribution in [3.8, 4) is 0 Å². The molecule has 2 fully saturated rings. The molecule has 0 bridgehead atoms. The molecule has 1 heterocycles. The molecule has 3 atom stereocenters. The number of hydrogen-bond donors (Lipinski definition) is 1. The molecule has 5 nitrogen and oxygen atoms in total. The van der Waals surface area contributed by atoms with Gasteiger partial charge < -0.3 is 5.32 Å². The first-order chi connectivity index (χ1) is 11.2. The van der Waals surface area contributed by atoms with Gasteiger partial charge in [0, 0.05) is 31.7 Å². The topological polar surface area (TPSA) is 58.4 Å². The molecule has 0 radical (unpaired) electrons. The van der Waals surface area contributed by atoms with Gasteiger partial charge in [-0.25, -0.2) is 0 Å². The molecule has 4 rings (SSSR count). The van der Waals surface area contributed by atoms with Gasteiger partial charge in [-0.15, -0.1) is 0 Å². The van der Waals surface area contributed by atoms with Crippen LogP contribution in [0, 0.1) is 22.0 Å². The molecule has 23 heavy (non-hydrogen) atoms. The van der Waals surface area contributed by atoms with E-state index in [4.69, 9.17) is 0 Å². The molecule has 2 aromatic carbocycles. The van der Waals surface area contributed by atoms with Crippen molar-refractivity contribution in [1.29, 1.82) is 0 Å². The van der Waals surface area contributed by atoms with Gasteiger partial charge in [-0.1, -0.05) is 42.5 Å². The minimum atomic E-state index is -0.317. The standard InChI is InChI=1S/C18H19N3O2/c22-21(23)17-9-5-4-8-16(17)19-18-14-11-20(12-15(14)18)10-13-6-2-1-3-7-13/h1-9,14-15,18-19H,10-12H2/t14-,15+,18?. The maximum Gasteiger partial charge on any atom is 0.292 e. The molecular formula is C18H19N3O2. The fraction of sp³-hybridized carbons (Fsp3) is 0.333.